The van der Waals surface area contributed by atoms with Crippen LogP contribution in [0.1, 0.15) is 19.3 Å². The van der Waals surface area contributed by atoms with Gasteiger partial charge in [-0.1, -0.05) is 0 Å². The van der Waals surface area contributed by atoms with Crippen molar-refractivity contribution >= 4 is 23.2 Å². The van der Waals surface area contributed by atoms with Gasteiger partial charge in [-0.05, 0) is 42.8 Å². The molecule has 3 rings (SSSR count). The fourth-order valence-electron chi connectivity index (χ4n) is 3.04. The Morgan fingerprint density at radius 2 is 1.82 bits per heavy atom. The first-order valence-electron chi connectivity index (χ1n) is 9.16. The van der Waals surface area contributed by atoms with E-state index in [0.717, 1.165) is 17.9 Å². The van der Waals surface area contributed by atoms with Crippen molar-refractivity contribution in [2.24, 2.45) is 0 Å². The Balaban J connectivity index is 1.53. The molecule has 0 bridgehead atoms. The van der Waals surface area contributed by atoms with Gasteiger partial charge in [-0.15, -0.1) is 0 Å². The maximum Gasteiger partial charge on any atom is 0.227 e. The van der Waals surface area contributed by atoms with Crippen LogP contribution < -0.4 is 24.4 Å². The summed E-state index contributed by atoms with van der Waals surface area (Å²) in [5.41, 5.74) is 1.34. The molecule has 2 aromatic carbocycles. The molecule has 2 amide bonds. The van der Waals surface area contributed by atoms with Crippen LogP contribution in [0.5, 0.6) is 17.2 Å². The van der Waals surface area contributed by atoms with Gasteiger partial charge in [0.15, 0.2) is 0 Å². The van der Waals surface area contributed by atoms with Gasteiger partial charge in [-0.2, -0.15) is 0 Å². The van der Waals surface area contributed by atoms with Crippen LogP contribution in [-0.2, 0) is 9.59 Å². The van der Waals surface area contributed by atoms with Crippen molar-refractivity contribution < 1.29 is 23.8 Å². The number of hydrogen-bond donors (Lipinski definition) is 1. The van der Waals surface area contributed by atoms with E-state index in [1.54, 1.807) is 61.6 Å². The second-order valence-electron chi connectivity index (χ2n) is 6.36. The van der Waals surface area contributed by atoms with E-state index in [1.807, 2.05) is 0 Å². The molecule has 148 valence electrons. The number of anilines is 2. The summed E-state index contributed by atoms with van der Waals surface area (Å²) in [5.74, 6) is 1.90. The van der Waals surface area contributed by atoms with Crippen LogP contribution in [0.25, 0.3) is 0 Å². The highest BCUT2D eigenvalue weighted by Gasteiger charge is 2.24. The van der Waals surface area contributed by atoms with Gasteiger partial charge in [0.25, 0.3) is 0 Å². The zero-order chi connectivity index (χ0) is 19.9. The molecule has 0 aliphatic carbocycles. The fraction of sp³-hybridized carbons (Fsp3) is 0.333. The summed E-state index contributed by atoms with van der Waals surface area (Å²) in [6.07, 6.45) is 1.60. The number of rotatable bonds is 8. The Bertz CT molecular complexity index is 835. The summed E-state index contributed by atoms with van der Waals surface area (Å²) >= 11 is 0. The van der Waals surface area contributed by atoms with Crippen LogP contribution >= 0.6 is 0 Å². The molecule has 1 aliphatic heterocycles. The molecule has 28 heavy (non-hydrogen) atoms. The minimum atomic E-state index is -0.166. The van der Waals surface area contributed by atoms with Crippen molar-refractivity contribution in [3.05, 3.63) is 42.5 Å². The number of amides is 2. The first kappa shape index (κ1) is 19.5. The Morgan fingerprint density at radius 3 is 2.46 bits per heavy atom. The number of carbonyl (C=O) groups excluding carboxylic acids is 2. The summed E-state index contributed by atoms with van der Waals surface area (Å²) < 4.78 is 16.1. The average Bonchev–Trinajstić information content (AvgIpc) is 3.14. The van der Waals surface area contributed by atoms with Crippen molar-refractivity contribution in [2.45, 2.75) is 19.3 Å². The third-order valence-corrected chi connectivity index (χ3v) is 4.48. The van der Waals surface area contributed by atoms with E-state index in [0.29, 0.717) is 30.2 Å². The molecule has 1 fully saturated rings. The molecule has 1 saturated heterocycles. The van der Waals surface area contributed by atoms with E-state index in [1.165, 1.54) is 0 Å². The second kappa shape index (κ2) is 9.12. The van der Waals surface area contributed by atoms with Crippen molar-refractivity contribution in [3.63, 3.8) is 0 Å². The molecule has 0 unspecified atom stereocenters. The molecule has 1 heterocycles. The van der Waals surface area contributed by atoms with Crippen LogP contribution in [0.15, 0.2) is 42.5 Å². The van der Waals surface area contributed by atoms with Crippen LogP contribution in [0, 0.1) is 0 Å². The summed E-state index contributed by atoms with van der Waals surface area (Å²) in [6.45, 7) is 0.944. The van der Waals surface area contributed by atoms with Gasteiger partial charge in [0.1, 0.15) is 17.2 Å². The van der Waals surface area contributed by atoms with Gasteiger partial charge in [0, 0.05) is 24.7 Å². The lowest BCUT2D eigenvalue weighted by molar-refractivity contribution is -0.117. The van der Waals surface area contributed by atoms with Gasteiger partial charge in [-0.25, -0.2) is 0 Å². The van der Waals surface area contributed by atoms with Gasteiger partial charge in [0.2, 0.25) is 11.8 Å². The van der Waals surface area contributed by atoms with E-state index in [-0.39, 0.29) is 24.8 Å². The van der Waals surface area contributed by atoms with E-state index >= 15 is 0 Å². The first-order chi connectivity index (χ1) is 13.6. The number of benzene rings is 2. The lowest BCUT2D eigenvalue weighted by Gasteiger charge is -2.19. The SMILES string of the molecule is COc1ccc(OCCC(=O)Nc2ccc(N3CCCC3=O)c(OC)c2)cc1. The van der Waals surface area contributed by atoms with Crippen LogP contribution in [0.3, 0.4) is 0 Å². The van der Waals surface area contributed by atoms with Crippen molar-refractivity contribution in [2.75, 3.05) is 37.6 Å². The molecule has 0 radical (unpaired) electrons. The Kier molecular flexibility index (Phi) is 6.37. The standard InChI is InChI=1S/C21H24N2O5/c1-26-16-6-8-17(9-7-16)28-13-11-20(24)22-15-5-10-18(19(14-15)27-2)23-12-3-4-21(23)25/h5-10,14H,3-4,11-13H2,1-2H3,(H,22,24). The van der Waals surface area contributed by atoms with Crippen LogP contribution in [0.2, 0.25) is 0 Å². The molecule has 1 N–H and O–H groups in total. The quantitative estimate of drug-likeness (QED) is 0.756. The number of nitrogens with zero attached hydrogens (tertiary/aromatic N) is 1. The summed E-state index contributed by atoms with van der Waals surface area (Å²) in [4.78, 5) is 25.9. The second-order valence-corrected chi connectivity index (χ2v) is 6.36. The highest BCUT2D eigenvalue weighted by molar-refractivity contribution is 5.98. The predicted octanol–water partition coefficient (Wildman–Crippen LogP) is 3.24. The molecule has 2 aromatic rings. The fourth-order valence-corrected chi connectivity index (χ4v) is 3.04. The van der Waals surface area contributed by atoms with Crippen molar-refractivity contribution in [3.8, 4) is 17.2 Å². The van der Waals surface area contributed by atoms with Gasteiger partial charge >= 0.3 is 0 Å². The summed E-state index contributed by atoms with van der Waals surface area (Å²) in [7, 11) is 3.15. The molecule has 7 nitrogen and oxygen atoms in total. The highest BCUT2D eigenvalue weighted by atomic mass is 16.5. The molecule has 0 atom stereocenters. The predicted molar refractivity (Wildman–Crippen MR) is 106 cm³/mol. The zero-order valence-electron chi connectivity index (χ0n) is 16.1. The van der Waals surface area contributed by atoms with Gasteiger partial charge < -0.3 is 24.4 Å². The third kappa shape index (κ3) is 4.73. The average molecular weight is 384 g/mol. The van der Waals surface area contributed by atoms with Gasteiger partial charge in [0.05, 0.1) is 32.9 Å². The lowest BCUT2D eigenvalue weighted by Crippen LogP contribution is -2.24. The number of nitrogens with one attached hydrogen (secondary N) is 1. The van der Waals surface area contributed by atoms with Gasteiger partial charge in [-0.3, -0.25) is 9.59 Å². The third-order valence-electron chi connectivity index (χ3n) is 4.48. The summed E-state index contributed by atoms with van der Waals surface area (Å²) in [5, 5.41) is 2.83. The number of hydrogen-bond acceptors (Lipinski definition) is 5. The minimum absolute atomic E-state index is 0.0887. The van der Waals surface area contributed by atoms with Crippen molar-refractivity contribution in [1.82, 2.24) is 0 Å². The van der Waals surface area contributed by atoms with E-state index in [2.05, 4.69) is 5.32 Å². The molecule has 0 saturated carbocycles. The largest absolute Gasteiger partial charge is 0.497 e. The number of methoxy groups -OCH3 is 2. The normalized spacial score (nSPS) is 13.4. The van der Waals surface area contributed by atoms with Crippen LogP contribution in [-0.4, -0.2) is 39.2 Å². The maximum absolute atomic E-state index is 12.2. The molecule has 7 heteroatoms. The minimum Gasteiger partial charge on any atom is -0.497 e. The van der Waals surface area contributed by atoms with E-state index in [4.69, 9.17) is 14.2 Å². The number of ether oxygens (including phenoxy) is 3. The maximum atomic E-state index is 12.2. The Morgan fingerprint density at radius 1 is 1.07 bits per heavy atom. The molecular formula is C21H24N2O5. The molecule has 1 aliphatic rings. The highest BCUT2D eigenvalue weighted by Crippen LogP contribution is 2.33. The monoisotopic (exact) mass is 384 g/mol. The topological polar surface area (TPSA) is 77.1 Å². The smallest absolute Gasteiger partial charge is 0.227 e. The molecule has 0 aromatic heterocycles. The lowest BCUT2D eigenvalue weighted by atomic mass is 10.2. The zero-order valence-corrected chi connectivity index (χ0v) is 16.1. The first-order valence-corrected chi connectivity index (χ1v) is 9.16. The summed E-state index contributed by atoms with van der Waals surface area (Å²) in [6, 6.07) is 12.5. The number of carbonyl (C=O) groups is 2. The molecular weight excluding hydrogens is 360 g/mol. The molecule has 0 spiro atoms. The Labute approximate surface area is 164 Å². The van der Waals surface area contributed by atoms with Crippen LogP contribution in [0.4, 0.5) is 11.4 Å². The van der Waals surface area contributed by atoms with E-state index < -0.39 is 0 Å². The van der Waals surface area contributed by atoms with E-state index in [9.17, 15) is 9.59 Å². The van der Waals surface area contributed by atoms with Crippen molar-refractivity contribution in [1.29, 1.82) is 0 Å². The Hall–Kier alpha value is -3.22.